The van der Waals surface area contributed by atoms with E-state index in [1.807, 2.05) is 19.1 Å². The Morgan fingerprint density at radius 2 is 2.07 bits per heavy atom. The van der Waals surface area contributed by atoms with Gasteiger partial charge in [-0.2, -0.15) is 4.98 Å². The molecule has 0 bridgehead atoms. The summed E-state index contributed by atoms with van der Waals surface area (Å²) >= 11 is 0. The van der Waals surface area contributed by atoms with Gasteiger partial charge in [0, 0.05) is 24.7 Å². The van der Waals surface area contributed by atoms with Gasteiger partial charge in [-0.25, -0.2) is 9.97 Å². The molecule has 0 radical (unpaired) electrons. The Labute approximate surface area is 163 Å². The van der Waals surface area contributed by atoms with E-state index in [4.69, 9.17) is 4.74 Å². The van der Waals surface area contributed by atoms with Crippen LogP contribution in [0.4, 0.5) is 5.82 Å². The molecule has 0 aliphatic carbocycles. The van der Waals surface area contributed by atoms with Crippen LogP contribution in [-0.4, -0.2) is 52.1 Å². The van der Waals surface area contributed by atoms with Gasteiger partial charge in [0.1, 0.15) is 18.2 Å². The Bertz CT molecular complexity index is 964. The molecule has 4 rings (SSSR count). The number of piperidine rings is 1. The van der Waals surface area contributed by atoms with E-state index in [-0.39, 0.29) is 5.91 Å². The van der Waals surface area contributed by atoms with Crippen molar-refractivity contribution < 1.29 is 9.53 Å². The molecule has 1 fully saturated rings. The summed E-state index contributed by atoms with van der Waals surface area (Å²) in [6.45, 7) is 4.64. The zero-order valence-electron chi connectivity index (χ0n) is 15.9. The van der Waals surface area contributed by atoms with E-state index in [0.717, 1.165) is 29.9 Å². The number of aromatic amines is 1. The smallest absolute Gasteiger partial charge is 0.251 e. The summed E-state index contributed by atoms with van der Waals surface area (Å²) in [5, 5.41) is 2.87. The molecule has 1 saturated heterocycles. The Morgan fingerprint density at radius 1 is 1.21 bits per heavy atom. The third-order valence-corrected chi connectivity index (χ3v) is 4.80. The van der Waals surface area contributed by atoms with E-state index < -0.39 is 0 Å². The number of amides is 1. The Morgan fingerprint density at radius 3 is 2.93 bits per heavy atom. The number of anilines is 1. The second kappa shape index (κ2) is 8.24. The highest BCUT2D eigenvalue weighted by molar-refractivity contribution is 5.97. The molecule has 2 aromatic heterocycles. The van der Waals surface area contributed by atoms with Crippen molar-refractivity contribution in [1.29, 1.82) is 0 Å². The van der Waals surface area contributed by atoms with Crippen molar-refractivity contribution in [3.05, 3.63) is 42.0 Å². The Hall–Kier alpha value is -3.16. The minimum absolute atomic E-state index is 0.145. The fourth-order valence-corrected chi connectivity index (χ4v) is 3.38. The number of carbonyl (C=O) groups is 1. The molecule has 1 aliphatic rings. The lowest BCUT2D eigenvalue weighted by atomic mass is 10.1. The van der Waals surface area contributed by atoms with Crippen LogP contribution in [0.2, 0.25) is 0 Å². The van der Waals surface area contributed by atoms with Crippen LogP contribution in [0.5, 0.6) is 5.88 Å². The van der Waals surface area contributed by atoms with Crippen LogP contribution in [0.1, 0.15) is 35.4 Å². The summed E-state index contributed by atoms with van der Waals surface area (Å²) in [4.78, 5) is 30.6. The quantitative estimate of drug-likeness (QED) is 0.638. The summed E-state index contributed by atoms with van der Waals surface area (Å²) in [5.74, 6) is 2.00. The fourth-order valence-electron chi connectivity index (χ4n) is 3.38. The van der Waals surface area contributed by atoms with Gasteiger partial charge in [0.2, 0.25) is 5.88 Å². The zero-order chi connectivity index (χ0) is 19.3. The number of nitrogens with one attached hydrogen (secondary N) is 2. The number of carbonyl (C=O) groups excluding carboxylic acids is 1. The number of aryl methyl sites for hydroxylation is 1. The van der Waals surface area contributed by atoms with Crippen LogP contribution in [0.3, 0.4) is 0 Å². The monoisotopic (exact) mass is 380 g/mol. The number of H-pyrrole nitrogens is 1. The minimum atomic E-state index is -0.145. The first-order valence-corrected chi connectivity index (χ1v) is 9.64. The molecule has 0 spiro atoms. The van der Waals surface area contributed by atoms with Crippen molar-refractivity contribution in [2.75, 3.05) is 31.1 Å². The number of nitrogens with zero attached hydrogens (tertiary/aromatic N) is 4. The summed E-state index contributed by atoms with van der Waals surface area (Å²) in [6, 6.07) is 7.25. The molecule has 0 saturated carbocycles. The molecule has 3 aromatic rings. The van der Waals surface area contributed by atoms with Crippen molar-refractivity contribution in [3.63, 3.8) is 0 Å². The molecule has 1 aliphatic heterocycles. The summed E-state index contributed by atoms with van der Waals surface area (Å²) < 4.78 is 5.75. The number of rotatable bonds is 6. The highest BCUT2D eigenvalue weighted by Crippen LogP contribution is 2.21. The molecule has 8 nitrogen and oxygen atoms in total. The molecule has 0 unspecified atom stereocenters. The number of hydrogen-bond acceptors (Lipinski definition) is 6. The highest BCUT2D eigenvalue weighted by atomic mass is 16.5. The van der Waals surface area contributed by atoms with Crippen molar-refractivity contribution >= 4 is 22.8 Å². The number of benzene rings is 1. The van der Waals surface area contributed by atoms with Crippen LogP contribution in [0.25, 0.3) is 11.0 Å². The highest BCUT2D eigenvalue weighted by Gasteiger charge is 2.14. The standard InChI is InChI=1S/C20H24N6O2/c1-14-24-18(26-8-3-2-4-9-26)12-19(25-14)28-10-7-21-20(27)15-5-6-16-17(11-15)23-13-22-16/h5-6,11-13H,2-4,7-10H2,1H3,(H,21,27)(H,22,23). The van der Waals surface area contributed by atoms with Gasteiger partial charge in [0.25, 0.3) is 5.91 Å². The van der Waals surface area contributed by atoms with Crippen LogP contribution >= 0.6 is 0 Å². The molecule has 0 atom stereocenters. The first kappa shape index (κ1) is 18.2. The third kappa shape index (κ3) is 4.21. The number of aromatic nitrogens is 4. The normalized spacial score (nSPS) is 14.2. The van der Waals surface area contributed by atoms with Gasteiger partial charge in [-0.05, 0) is 44.4 Å². The van der Waals surface area contributed by atoms with E-state index in [2.05, 4.69) is 30.2 Å². The van der Waals surface area contributed by atoms with E-state index in [0.29, 0.717) is 30.4 Å². The lowest BCUT2D eigenvalue weighted by Crippen LogP contribution is -2.30. The molecular weight excluding hydrogens is 356 g/mol. The predicted molar refractivity (Wildman–Crippen MR) is 107 cm³/mol. The van der Waals surface area contributed by atoms with Crippen molar-refractivity contribution in [1.82, 2.24) is 25.3 Å². The maximum atomic E-state index is 12.3. The van der Waals surface area contributed by atoms with E-state index in [1.54, 1.807) is 18.5 Å². The maximum Gasteiger partial charge on any atom is 0.251 e. The topological polar surface area (TPSA) is 96.0 Å². The number of ether oxygens (including phenoxy) is 1. The Balaban J connectivity index is 1.31. The third-order valence-electron chi connectivity index (χ3n) is 4.80. The molecule has 146 valence electrons. The van der Waals surface area contributed by atoms with Crippen molar-refractivity contribution in [2.24, 2.45) is 0 Å². The average Bonchev–Trinajstić information content (AvgIpc) is 3.19. The molecular formula is C20H24N6O2. The molecule has 8 heteroatoms. The molecule has 28 heavy (non-hydrogen) atoms. The van der Waals surface area contributed by atoms with E-state index in [1.165, 1.54) is 19.3 Å². The van der Waals surface area contributed by atoms with Gasteiger partial charge in [-0.15, -0.1) is 0 Å². The molecule has 3 heterocycles. The van der Waals surface area contributed by atoms with Gasteiger partial charge >= 0.3 is 0 Å². The van der Waals surface area contributed by atoms with Crippen LogP contribution in [0.15, 0.2) is 30.6 Å². The number of fused-ring (bicyclic) bond motifs is 1. The molecule has 1 aromatic carbocycles. The van der Waals surface area contributed by atoms with Gasteiger partial charge in [-0.1, -0.05) is 0 Å². The second-order valence-corrected chi connectivity index (χ2v) is 6.90. The van der Waals surface area contributed by atoms with Gasteiger partial charge in [0.15, 0.2) is 0 Å². The lowest BCUT2D eigenvalue weighted by Gasteiger charge is -2.28. The summed E-state index contributed by atoms with van der Waals surface area (Å²) in [6.07, 6.45) is 5.27. The summed E-state index contributed by atoms with van der Waals surface area (Å²) in [5.41, 5.74) is 2.26. The van der Waals surface area contributed by atoms with E-state index >= 15 is 0 Å². The summed E-state index contributed by atoms with van der Waals surface area (Å²) in [7, 11) is 0. The first-order chi connectivity index (χ1) is 13.7. The fraction of sp³-hybridized carbons (Fsp3) is 0.400. The van der Waals surface area contributed by atoms with Gasteiger partial charge in [-0.3, -0.25) is 4.79 Å². The van der Waals surface area contributed by atoms with Crippen LogP contribution in [-0.2, 0) is 0 Å². The van der Waals surface area contributed by atoms with Crippen LogP contribution in [0, 0.1) is 6.92 Å². The predicted octanol–water partition coefficient (Wildman–Crippen LogP) is 2.46. The lowest BCUT2D eigenvalue weighted by molar-refractivity contribution is 0.0946. The number of hydrogen-bond donors (Lipinski definition) is 2. The minimum Gasteiger partial charge on any atom is -0.476 e. The largest absolute Gasteiger partial charge is 0.476 e. The van der Waals surface area contributed by atoms with Crippen molar-refractivity contribution in [3.8, 4) is 5.88 Å². The average molecular weight is 380 g/mol. The van der Waals surface area contributed by atoms with Gasteiger partial charge in [0.05, 0.1) is 23.9 Å². The van der Waals surface area contributed by atoms with Crippen molar-refractivity contribution in [2.45, 2.75) is 26.2 Å². The van der Waals surface area contributed by atoms with Crippen LogP contribution < -0.4 is 15.0 Å². The Kier molecular flexibility index (Phi) is 5.36. The molecule has 1 amide bonds. The molecule has 2 N–H and O–H groups in total. The second-order valence-electron chi connectivity index (χ2n) is 6.90. The number of imidazole rings is 1. The first-order valence-electron chi connectivity index (χ1n) is 9.64. The van der Waals surface area contributed by atoms with E-state index in [9.17, 15) is 4.79 Å². The SMILES string of the molecule is Cc1nc(OCCNC(=O)c2ccc3nc[nH]c3c2)cc(N2CCCCC2)n1. The van der Waals surface area contributed by atoms with Gasteiger partial charge < -0.3 is 19.9 Å². The zero-order valence-corrected chi connectivity index (χ0v) is 15.9. The maximum absolute atomic E-state index is 12.3.